The smallest absolute Gasteiger partial charge is 0.145 e. The van der Waals surface area contributed by atoms with Gasteiger partial charge in [0, 0.05) is 0 Å². The molecule has 4 atom stereocenters. The monoisotopic (exact) mass is 318 g/mol. The molecule has 2 aliphatic rings. The number of rotatable bonds is 2. The quantitative estimate of drug-likeness (QED) is 0.473. The van der Waals surface area contributed by atoms with Crippen LogP contribution in [0.4, 0.5) is 0 Å². The van der Waals surface area contributed by atoms with Crippen LogP contribution in [-0.4, -0.2) is 29.2 Å². The highest BCUT2D eigenvalue weighted by Gasteiger charge is 2.51. The summed E-state index contributed by atoms with van der Waals surface area (Å²) in [6.07, 6.45) is 8.49. The Bertz CT molecular complexity index is 505. The number of ether oxygens (including phenoxy) is 1. The highest BCUT2D eigenvalue weighted by atomic mass is 16.6. The van der Waals surface area contributed by atoms with Gasteiger partial charge >= 0.3 is 0 Å². The number of carbonyl (C=O) groups excluding carboxylic acids is 1. The van der Waals surface area contributed by atoms with E-state index in [0.29, 0.717) is 12.3 Å². The second-order valence-electron chi connectivity index (χ2n) is 7.39. The van der Waals surface area contributed by atoms with Crippen LogP contribution in [0.3, 0.4) is 0 Å². The summed E-state index contributed by atoms with van der Waals surface area (Å²) in [5.41, 5.74) is 2.75. The Morgan fingerprint density at radius 1 is 1.39 bits per heavy atom. The average Bonchev–Trinajstić information content (AvgIpc) is 3.17. The van der Waals surface area contributed by atoms with E-state index in [0.717, 1.165) is 61.5 Å². The Hall–Kier alpha value is -1.19. The van der Waals surface area contributed by atoms with Crippen molar-refractivity contribution in [2.24, 2.45) is 5.92 Å². The van der Waals surface area contributed by atoms with Crippen LogP contribution in [-0.2, 0) is 9.53 Å². The number of hydrogen-bond donors (Lipinski definition) is 1. The Morgan fingerprint density at radius 3 is 2.78 bits per heavy atom. The number of allylic oxidation sites excluding steroid dienone is 3. The molecule has 0 aromatic heterocycles. The van der Waals surface area contributed by atoms with E-state index in [2.05, 4.69) is 26.2 Å². The number of carbonyl (C=O) groups is 1. The summed E-state index contributed by atoms with van der Waals surface area (Å²) in [6.45, 7) is 12.3. The SMILES string of the molecule is C=C(C)[C@@H]1CC=C(C=O)CC[C@H]2O[C@]2(C)CC[C@@H](O)C(=C)CC1. The second kappa shape index (κ2) is 7.59. The molecule has 3 nitrogen and oxygen atoms in total. The van der Waals surface area contributed by atoms with Gasteiger partial charge in [0.1, 0.15) is 6.29 Å². The van der Waals surface area contributed by atoms with E-state index >= 15 is 0 Å². The number of aliphatic hydroxyl groups is 1. The summed E-state index contributed by atoms with van der Waals surface area (Å²) in [6, 6.07) is 0. The lowest BCUT2D eigenvalue weighted by molar-refractivity contribution is -0.105. The Balaban J connectivity index is 2.10. The summed E-state index contributed by atoms with van der Waals surface area (Å²) in [7, 11) is 0. The van der Waals surface area contributed by atoms with Crippen molar-refractivity contribution in [3.05, 3.63) is 36.0 Å². The summed E-state index contributed by atoms with van der Waals surface area (Å²) in [5.74, 6) is 0.333. The first-order valence-electron chi connectivity index (χ1n) is 8.69. The largest absolute Gasteiger partial charge is 0.389 e. The molecule has 0 aromatic rings. The first-order chi connectivity index (χ1) is 10.9. The molecule has 1 fully saturated rings. The van der Waals surface area contributed by atoms with Crippen molar-refractivity contribution in [1.82, 2.24) is 0 Å². The van der Waals surface area contributed by atoms with Gasteiger partial charge in [0.05, 0.1) is 17.8 Å². The standard InChI is InChI=1S/C20H30O3/c1-14(2)17-8-5-15(3)18(22)11-12-20(4)19(23-20)10-7-16(13-21)6-9-17/h6,13,17-19,22H,1,3,5,7-12H2,2,4H3/t17-,18+,19+,20+/m0/s1. The fourth-order valence-electron chi connectivity index (χ4n) is 3.39. The third kappa shape index (κ3) is 4.89. The van der Waals surface area contributed by atoms with Crippen molar-refractivity contribution >= 4 is 6.29 Å². The molecule has 1 aliphatic heterocycles. The number of hydrogen-bond acceptors (Lipinski definition) is 3. The zero-order chi connectivity index (χ0) is 17.0. The highest BCUT2D eigenvalue weighted by molar-refractivity contribution is 5.73. The molecule has 3 heteroatoms. The minimum atomic E-state index is -0.452. The van der Waals surface area contributed by atoms with Crippen molar-refractivity contribution in [3.8, 4) is 0 Å². The maximum Gasteiger partial charge on any atom is 0.145 e. The van der Waals surface area contributed by atoms with E-state index in [1.54, 1.807) is 0 Å². The average molecular weight is 318 g/mol. The minimum Gasteiger partial charge on any atom is -0.389 e. The van der Waals surface area contributed by atoms with E-state index in [1.165, 1.54) is 0 Å². The summed E-state index contributed by atoms with van der Waals surface area (Å²) in [4.78, 5) is 11.3. The second-order valence-corrected chi connectivity index (χ2v) is 7.39. The summed E-state index contributed by atoms with van der Waals surface area (Å²) < 4.78 is 5.82. The van der Waals surface area contributed by atoms with Crippen LogP contribution in [0.5, 0.6) is 0 Å². The fraction of sp³-hybridized carbons (Fsp3) is 0.650. The van der Waals surface area contributed by atoms with E-state index in [9.17, 15) is 9.90 Å². The lowest BCUT2D eigenvalue weighted by Crippen LogP contribution is -2.18. The molecule has 1 N–H and O–H groups in total. The van der Waals surface area contributed by atoms with E-state index in [-0.39, 0.29) is 11.7 Å². The third-order valence-electron chi connectivity index (χ3n) is 5.44. The molecule has 0 spiro atoms. The molecule has 1 aliphatic carbocycles. The van der Waals surface area contributed by atoms with Crippen LogP contribution < -0.4 is 0 Å². The molecule has 0 aromatic carbocycles. The van der Waals surface area contributed by atoms with Gasteiger partial charge in [0.25, 0.3) is 0 Å². The van der Waals surface area contributed by atoms with E-state index in [4.69, 9.17) is 4.74 Å². The van der Waals surface area contributed by atoms with Crippen LogP contribution in [0.1, 0.15) is 58.8 Å². The Labute approximate surface area is 140 Å². The normalized spacial score (nSPS) is 36.4. The fourth-order valence-corrected chi connectivity index (χ4v) is 3.39. The Morgan fingerprint density at radius 2 is 2.13 bits per heavy atom. The maximum atomic E-state index is 11.3. The molecule has 128 valence electrons. The van der Waals surface area contributed by atoms with E-state index < -0.39 is 6.10 Å². The summed E-state index contributed by atoms with van der Waals surface area (Å²) in [5, 5.41) is 10.3. The molecule has 0 radical (unpaired) electrons. The number of epoxide rings is 1. The number of fused-ring (bicyclic) bond motifs is 1. The van der Waals surface area contributed by atoms with Crippen LogP contribution in [0.25, 0.3) is 0 Å². The van der Waals surface area contributed by atoms with E-state index in [1.807, 2.05) is 6.92 Å². The molecule has 23 heavy (non-hydrogen) atoms. The lowest BCUT2D eigenvalue weighted by atomic mass is 9.87. The molecule has 0 amide bonds. The van der Waals surface area contributed by atoms with Crippen molar-refractivity contribution in [2.45, 2.75) is 76.6 Å². The molecule has 1 saturated heterocycles. The van der Waals surface area contributed by atoms with Gasteiger partial charge in [-0.2, -0.15) is 0 Å². The molecular formula is C20H30O3. The van der Waals surface area contributed by atoms with Gasteiger partial charge in [-0.25, -0.2) is 0 Å². The zero-order valence-electron chi connectivity index (χ0n) is 14.5. The van der Waals surface area contributed by atoms with Crippen molar-refractivity contribution in [2.75, 3.05) is 0 Å². The number of aliphatic hydroxyl groups excluding tert-OH is 1. The summed E-state index contributed by atoms with van der Waals surface area (Å²) >= 11 is 0. The molecule has 0 saturated carbocycles. The van der Waals surface area contributed by atoms with Crippen molar-refractivity contribution in [1.29, 1.82) is 0 Å². The highest BCUT2D eigenvalue weighted by Crippen LogP contribution is 2.44. The van der Waals surface area contributed by atoms with Crippen LogP contribution in [0.15, 0.2) is 36.0 Å². The molecule has 2 rings (SSSR count). The van der Waals surface area contributed by atoms with Gasteiger partial charge < -0.3 is 9.84 Å². The molecule has 1 heterocycles. The predicted molar refractivity (Wildman–Crippen MR) is 93.2 cm³/mol. The molecule has 0 bridgehead atoms. The van der Waals surface area contributed by atoms with Crippen LogP contribution in [0.2, 0.25) is 0 Å². The first kappa shape index (κ1) is 18.2. The topological polar surface area (TPSA) is 49.8 Å². The molecule has 0 unspecified atom stereocenters. The zero-order valence-corrected chi connectivity index (χ0v) is 14.5. The van der Waals surface area contributed by atoms with Gasteiger partial charge in [-0.15, -0.1) is 0 Å². The minimum absolute atomic E-state index is 0.139. The van der Waals surface area contributed by atoms with Crippen molar-refractivity contribution < 1.29 is 14.6 Å². The molecular weight excluding hydrogens is 288 g/mol. The van der Waals surface area contributed by atoms with Crippen molar-refractivity contribution in [3.63, 3.8) is 0 Å². The van der Waals surface area contributed by atoms with Gasteiger partial charge in [0.15, 0.2) is 0 Å². The first-order valence-corrected chi connectivity index (χ1v) is 8.69. The van der Waals surface area contributed by atoms with Gasteiger partial charge in [-0.3, -0.25) is 4.79 Å². The predicted octanol–water partition coefficient (Wildman–Crippen LogP) is 4.12. The van der Waals surface area contributed by atoms with Gasteiger partial charge in [0.2, 0.25) is 0 Å². The Kier molecular flexibility index (Phi) is 5.99. The van der Waals surface area contributed by atoms with Crippen LogP contribution >= 0.6 is 0 Å². The van der Waals surface area contributed by atoms with Crippen LogP contribution in [0, 0.1) is 5.92 Å². The number of aldehydes is 1. The maximum absolute atomic E-state index is 11.3. The van der Waals surface area contributed by atoms with Gasteiger partial charge in [-0.1, -0.05) is 24.8 Å². The van der Waals surface area contributed by atoms with Gasteiger partial charge in [-0.05, 0) is 75.9 Å². The lowest BCUT2D eigenvalue weighted by Gasteiger charge is -2.20. The third-order valence-corrected chi connectivity index (χ3v) is 5.44.